The van der Waals surface area contributed by atoms with Crippen LogP contribution in [0.3, 0.4) is 0 Å². The predicted molar refractivity (Wildman–Crippen MR) is 146 cm³/mol. The highest BCUT2D eigenvalue weighted by atomic mass is 16.5. The normalized spacial score (nSPS) is 14.2. The number of nitrogens with one attached hydrogen (secondary N) is 2. The Morgan fingerprint density at radius 3 is 2.73 bits per heavy atom. The van der Waals surface area contributed by atoms with E-state index in [0.717, 1.165) is 35.9 Å². The number of piperidine rings is 1. The molecule has 1 aliphatic rings. The number of aryl methyl sites for hydroxylation is 1. The van der Waals surface area contributed by atoms with E-state index in [-0.39, 0.29) is 0 Å². The molecule has 192 valence electrons. The lowest BCUT2D eigenvalue weighted by atomic mass is 10.1. The van der Waals surface area contributed by atoms with E-state index in [9.17, 15) is 5.26 Å². The molecule has 2 aromatic carbocycles. The summed E-state index contributed by atoms with van der Waals surface area (Å²) < 4.78 is 7.94. The van der Waals surface area contributed by atoms with Gasteiger partial charge in [-0.2, -0.15) is 10.5 Å². The molecule has 0 amide bonds. The van der Waals surface area contributed by atoms with Gasteiger partial charge in [0.15, 0.2) is 6.19 Å². The topological polar surface area (TPSA) is 101 Å². The van der Waals surface area contributed by atoms with E-state index in [1.165, 1.54) is 37.9 Å². The van der Waals surface area contributed by atoms with Gasteiger partial charge in [0.25, 0.3) is 0 Å². The van der Waals surface area contributed by atoms with E-state index in [1.807, 2.05) is 47.3 Å². The van der Waals surface area contributed by atoms with Crippen molar-refractivity contribution >= 4 is 16.7 Å². The first kappa shape index (κ1) is 26.1. The van der Waals surface area contributed by atoms with Crippen molar-refractivity contribution in [1.29, 1.82) is 10.5 Å². The van der Waals surface area contributed by atoms with Gasteiger partial charge in [-0.3, -0.25) is 15.2 Å². The number of hydrogen-bond acceptors (Lipinski definition) is 5. The second-order valence-corrected chi connectivity index (χ2v) is 9.30. The largest absolute Gasteiger partial charge is 0.494 e. The van der Waals surface area contributed by atoms with Crippen LogP contribution in [-0.2, 0) is 13.1 Å². The fourth-order valence-electron chi connectivity index (χ4n) is 4.72. The van der Waals surface area contributed by atoms with Crippen molar-refractivity contribution in [2.24, 2.45) is 4.99 Å². The standard InChI is InChI=1S/C29H35N7O/c30-20-28-27-12-3-2-10-25(27)22-36(28)17-7-13-32-29(34-23-31)33-14-8-18-37-26-11-6-9-24(19-26)21-35-15-4-1-5-16-35/h2-3,6,9-12,19,22H,1,4-5,7-8,13-18,21H2,(H2,32,33,34). The Hall–Kier alpha value is -4.01. The molecule has 0 atom stereocenters. The Morgan fingerprint density at radius 2 is 1.89 bits per heavy atom. The number of hydrogen-bond donors (Lipinski definition) is 2. The van der Waals surface area contributed by atoms with Gasteiger partial charge in [0.2, 0.25) is 5.96 Å². The third kappa shape index (κ3) is 7.73. The fourth-order valence-corrected chi connectivity index (χ4v) is 4.72. The lowest BCUT2D eigenvalue weighted by molar-refractivity contribution is 0.220. The monoisotopic (exact) mass is 497 g/mol. The first-order valence-corrected chi connectivity index (χ1v) is 13.1. The number of fused-ring (bicyclic) bond motifs is 1. The van der Waals surface area contributed by atoms with Crippen LogP contribution in [0.15, 0.2) is 59.7 Å². The van der Waals surface area contributed by atoms with Crippen molar-refractivity contribution in [2.75, 3.05) is 32.8 Å². The molecule has 0 radical (unpaired) electrons. The molecule has 0 unspecified atom stereocenters. The van der Waals surface area contributed by atoms with Gasteiger partial charge in [-0.1, -0.05) is 42.8 Å². The Labute approximate surface area is 219 Å². The fraction of sp³-hybridized carbons (Fsp3) is 0.414. The molecule has 4 rings (SSSR count). The van der Waals surface area contributed by atoms with E-state index in [1.54, 1.807) is 0 Å². The van der Waals surface area contributed by atoms with Crippen molar-refractivity contribution in [3.63, 3.8) is 0 Å². The summed E-state index contributed by atoms with van der Waals surface area (Å²) in [6, 6.07) is 18.6. The van der Waals surface area contributed by atoms with Gasteiger partial charge in [-0.05, 0) is 50.0 Å². The zero-order valence-corrected chi connectivity index (χ0v) is 21.3. The van der Waals surface area contributed by atoms with Gasteiger partial charge < -0.3 is 14.6 Å². The molecule has 0 spiro atoms. The molecule has 2 N–H and O–H groups in total. The number of aromatic nitrogens is 1. The first-order chi connectivity index (χ1) is 18.3. The van der Waals surface area contributed by atoms with Crippen LogP contribution < -0.4 is 15.4 Å². The van der Waals surface area contributed by atoms with E-state index < -0.39 is 0 Å². The van der Waals surface area contributed by atoms with Gasteiger partial charge in [-0.15, -0.1) is 0 Å². The number of nitrogens with zero attached hydrogens (tertiary/aromatic N) is 5. The zero-order chi connectivity index (χ0) is 25.7. The van der Waals surface area contributed by atoms with Crippen LogP contribution in [0.25, 0.3) is 10.8 Å². The molecular formula is C29H35N7O. The lowest BCUT2D eigenvalue weighted by Gasteiger charge is -2.26. The number of ether oxygens (including phenoxy) is 1. The molecule has 1 saturated heterocycles. The van der Waals surface area contributed by atoms with E-state index in [0.29, 0.717) is 37.9 Å². The Kier molecular flexibility index (Phi) is 9.80. The summed E-state index contributed by atoms with van der Waals surface area (Å²) in [5.74, 6) is 1.35. The number of rotatable bonds is 11. The van der Waals surface area contributed by atoms with Crippen LogP contribution in [0.1, 0.15) is 43.4 Å². The maximum Gasteiger partial charge on any atom is 0.204 e. The second kappa shape index (κ2) is 13.9. The summed E-state index contributed by atoms with van der Waals surface area (Å²) in [7, 11) is 0. The number of aliphatic imine (C=N–C) groups is 1. The first-order valence-electron chi connectivity index (χ1n) is 13.1. The molecule has 1 aliphatic heterocycles. The van der Waals surface area contributed by atoms with Crippen molar-refractivity contribution in [2.45, 2.75) is 45.2 Å². The van der Waals surface area contributed by atoms with E-state index >= 15 is 0 Å². The molecule has 1 aromatic heterocycles. The Bertz CT molecular complexity index is 1260. The summed E-state index contributed by atoms with van der Waals surface area (Å²) in [6.45, 7) is 5.79. The highest BCUT2D eigenvalue weighted by molar-refractivity contribution is 5.87. The number of guanidine groups is 1. The minimum atomic E-state index is 0.462. The molecule has 2 heterocycles. The minimum absolute atomic E-state index is 0.462. The zero-order valence-electron chi connectivity index (χ0n) is 21.3. The molecule has 8 heteroatoms. The maximum atomic E-state index is 9.55. The summed E-state index contributed by atoms with van der Waals surface area (Å²) in [5, 5.41) is 26.5. The van der Waals surface area contributed by atoms with E-state index in [2.05, 4.69) is 44.8 Å². The summed E-state index contributed by atoms with van der Waals surface area (Å²) >= 11 is 0. The molecule has 0 bridgehead atoms. The summed E-state index contributed by atoms with van der Waals surface area (Å²) in [6.07, 6.45) is 9.42. The van der Waals surface area contributed by atoms with Crippen LogP contribution in [0.5, 0.6) is 5.75 Å². The predicted octanol–water partition coefficient (Wildman–Crippen LogP) is 4.37. The van der Waals surface area contributed by atoms with Crippen molar-refractivity contribution in [3.05, 3.63) is 66.0 Å². The Morgan fingerprint density at radius 1 is 1.03 bits per heavy atom. The number of likely N-dealkylation sites (tertiary alicyclic amines) is 1. The van der Waals surface area contributed by atoms with Gasteiger partial charge in [-0.25, -0.2) is 0 Å². The molecule has 3 aromatic rings. The van der Waals surface area contributed by atoms with Gasteiger partial charge >= 0.3 is 0 Å². The molecule has 0 aliphatic carbocycles. The summed E-state index contributed by atoms with van der Waals surface area (Å²) in [4.78, 5) is 6.99. The SMILES string of the molecule is N#CNC(=NCCCOc1cccc(CN2CCCCC2)c1)NCCCn1cc2ccccc2c1C#N. The highest BCUT2D eigenvalue weighted by Gasteiger charge is 2.11. The van der Waals surface area contributed by atoms with Gasteiger partial charge in [0.1, 0.15) is 17.5 Å². The molecule has 8 nitrogen and oxygen atoms in total. The maximum absolute atomic E-state index is 9.55. The second-order valence-electron chi connectivity index (χ2n) is 9.30. The van der Waals surface area contributed by atoms with Crippen LogP contribution in [0, 0.1) is 22.8 Å². The highest BCUT2D eigenvalue weighted by Crippen LogP contribution is 2.21. The quantitative estimate of drug-likeness (QED) is 0.134. The van der Waals surface area contributed by atoms with Crippen molar-refractivity contribution in [1.82, 2.24) is 20.1 Å². The van der Waals surface area contributed by atoms with Crippen LogP contribution in [0.4, 0.5) is 0 Å². The van der Waals surface area contributed by atoms with Gasteiger partial charge in [0.05, 0.1) is 6.61 Å². The Balaban J connectivity index is 1.18. The van der Waals surface area contributed by atoms with Crippen LogP contribution in [-0.4, -0.2) is 48.2 Å². The third-order valence-corrected chi connectivity index (χ3v) is 6.54. The van der Waals surface area contributed by atoms with Crippen molar-refractivity contribution < 1.29 is 4.74 Å². The van der Waals surface area contributed by atoms with Crippen LogP contribution in [0.2, 0.25) is 0 Å². The minimum Gasteiger partial charge on any atom is -0.494 e. The van der Waals surface area contributed by atoms with Gasteiger partial charge in [0, 0.05) is 49.6 Å². The van der Waals surface area contributed by atoms with Crippen LogP contribution >= 0.6 is 0 Å². The van der Waals surface area contributed by atoms with E-state index in [4.69, 9.17) is 10.00 Å². The average Bonchev–Trinajstić information content (AvgIpc) is 3.29. The molecule has 1 fully saturated rings. The third-order valence-electron chi connectivity index (χ3n) is 6.54. The molecule has 0 saturated carbocycles. The lowest BCUT2D eigenvalue weighted by Crippen LogP contribution is -2.35. The summed E-state index contributed by atoms with van der Waals surface area (Å²) in [5.41, 5.74) is 1.97. The smallest absolute Gasteiger partial charge is 0.204 e. The van der Waals surface area contributed by atoms with Crippen molar-refractivity contribution in [3.8, 4) is 18.0 Å². The number of nitriles is 2. The average molecular weight is 498 g/mol. The molecule has 37 heavy (non-hydrogen) atoms. The molecular weight excluding hydrogens is 462 g/mol. The number of benzene rings is 2.